The minimum Gasteiger partial charge on any atom is -0.335 e. The molecule has 0 aromatic carbocycles. The number of amides is 1. The van der Waals surface area contributed by atoms with E-state index in [9.17, 15) is 4.79 Å². The van der Waals surface area contributed by atoms with Gasteiger partial charge in [0.1, 0.15) is 5.69 Å². The van der Waals surface area contributed by atoms with Crippen molar-refractivity contribution in [2.75, 3.05) is 39.3 Å². The molecule has 0 bridgehead atoms. The second-order valence-electron chi connectivity index (χ2n) is 5.64. The lowest BCUT2D eigenvalue weighted by Gasteiger charge is -2.37. The second kappa shape index (κ2) is 5.89. The Morgan fingerprint density at radius 2 is 2.10 bits per heavy atom. The summed E-state index contributed by atoms with van der Waals surface area (Å²) >= 11 is 0. The van der Waals surface area contributed by atoms with Crippen molar-refractivity contribution in [3.05, 3.63) is 29.6 Å². The molecule has 0 spiro atoms. The van der Waals surface area contributed by atoms with Gasteiger partial charge in [0.15, 0.2) is 0 Å². The number of carbonyl (C=O) groups excluding carboxylic acids is 1. The molecule has 1 unspecified atom stereocenters. The molecule has 0 aliphatic carbocycles. The standard InChI is InChI=1S/C15H22N4O/c1-12-3-2-4-14(17-12)15(20)19-9-7-18(8-10-19)13-5-6-16-11-13/h2-4,13,16H,5-11H2,1H3. The second-order valence-corrected chi connectivity index (χ2v) is 5.64. The van der Waals surface area contributed by atoms with Crippen LogP contribution in [0.3, 0.4) is 0 Å². The largest absolute Gasteiger partial charge is 0.335 e. The van der Waals surface area contributed by atoms with Crippen molar-refractivity contribution >= 4 is 5.91 Å². The number of piperazine rings is 1. The summed E-state index contributed by atoms with van der Waals surface area (Å²) in [5.74, 6) is 0.0675. The summed E-state index contributed by atoms with van der Waals surface area (Å²) in [6, 6.07) is 6.28. The Morgan fingerprint density at radius 3 is 2.75 bits per heavy atom. The van der Waals surface area contributed by atoms with Crippen molar-refractivity contribution in [3.8, 4) is 0 Å². The smallest absolute Gasteiger partial charge is 0.272 e. The molecule has 108 valence electrons. The fraction of sp³-hybridized carbons (Fsp3) is 0.600. The van der Waals surface area contributed by atoms with E-state index in [4.69, 9.17) is 0 Å². The van der Waals surface area contributed by atoms with Gasteiger partial charge in [-0.05, 0) is 32.0 Å². The van der Waals surface area contributed by atoms with Crippen LogP contribution in [0.15, 0.2) is 18.2 Å². The molecule has 5 nitrogen and oxygen atoms in total. The van der Waals surface area contributed by atoms with Gasteiger partial charge >= 0.3 is 0 Å². The van der Waals surface area contributed by atoms with Crippen LogP contribution in [0.2, 0.25) is 0 Å². The first-order chi connectivity index (χ1) is 9.74. The van der Waals surface area contributed by atoms with Crippen molar-refractivity contribution < 1.29 is 4.79 Å². The Labute approximate surface area is 120 Å². The van der Waals surface area contributed by atoms with Crippen LogP contribution < -0.4 is 5.32 Å². The van der Waals surface area contributed by atoms with Crippen LogP contribution in [0.1, 0.15) is 22.6 Å². The van der Waals surface area contributed by atoms with Crippen LogP contribution >= 0.6 is 0 Å². The summed E-state index contributed by atoms with van der Waals surface area (Å²) in [6.45, 7) is 7.70. The van der Waals surface area contributed by atoms with Crippen molar-refractivity contribution in [1.29, 1.82) is 0 Å². The highest BCUT2D eigenvalue weighted by Crippen LogP contribution is 2.13. The maximum Gasteiger partial charge on any atom is 0.272 e. The normalized spacial score (nSPS) is 24.1. The minimum atomic E-state index is 0.0675. The summed E-state index contributed by atoms with van der Waals surface area (Å²) in [5.41, 5.74) is 1.47. The molecule has 1 amide bonds. The van der Waals surface area contributed by atoms with Crippen molar-refractivity contribution in [2.45, 2.75) is 19.4 Å². The average Bonchev–Trinajstić information content (AvgIpc) is 3.01. The molecular formula is C15H22N4O. The van der Waals surface area contributed by atoms with Crippen LogP contribution in [0.25, 0.3) is 0 Å². The average molecular weight is 274 g/mol. The number of rotatable bonds is 2. The number of hydrogen-bond donors (Lipinski definition) is 1. The van der Waals surface area contributed by atoms with E-state index in [-0.39, 0.29) is 5.91 Å². The predicted molar refractivity (Wildman–Crippen MR) is 77.7 cm³/mol. The van der Waals surface area contributed by atoms with Gasteiger partial charge in [-0.2, -0.15) is 0 Å². The Balaban J connectivity index is 1.58. The van der Waals surface area contributed by atoms with Crippen molar-refractivity contribution in [3.63, 3.8) is 0 Å². The maximum absolute atomic E-state index is 12.4. The highest BCUT2D eigenvalue weighted by molar-refractivity contribution is 5.92. The Bertz CT molecular complexity index is 477. The fourth-order valence-electron chi connectivity index (χ4n) is 3.07. The van der Waals surface area contributed by atoms with Crippen LogP contribution in [-0.4, -0.2) is 66.0 Å². The maximum atomic E-state index is 12.4. The van der Waals surface area contributed by atoms with Crippen LogP contribution in [-0.2, 0) is 0 Å². The highest BCUT2D eigenvalue weighted by Gasteiger charge is 2.28. The van der Waals surface area contributed by atoms with Gasteiger partial charge in [-0.25, -0.2) is 4.98 Å². The lowest BCUT2D eigenvalue weighted by Crippen LogP contribution is -2.52. The van der Waals surface area contributed by atoms with Crippen molar-refractivity contribution in [2.24, 2.45) is 0 Å². The number of aromatic nitrogens is 1. The van der Waals surface area contributed by atoms with E-state index in [0.29, 0.717) is 11.7 Å². The molecule has 2 fully saturated rings. The third-order valence-electron chi connectivity index (χ3n) is 4.26. The molecule has 1 N–H and O–H groups in total. The fourth-order valence-corrected chi connectivity index (χ4v) is 3.07. The number of pyridine rings is 1. The van der Waals surface area contributed by atoms with E-state index in [2.05, 4.69) is 15.2 Å². The number of nitrogens with zero attached hydrogens (tertiary/aromatic N) is 3. The van der Waals surface area contributed by atoms with E-state index >= 15 is 0 Å². The Kier molecular flexibility index (Phi) is 3.98. The third-order valence-corrected chi connectivity index (χ3v) is 4.26. The third kappa shape index (κ3) is 2.83. The quantitative estimate of drug-likeness (QED) is 0.854. The van der Waals surface area contributed by atoms with Crippen LogP contribution in [0.5, 0.6) is 0 Å². The molecule has 0 radical (unpaired) electrons. The Morgan fingerprint density at radius 1 is 1.30 bits per heavy atom. The van der Waals surface area contributed by atoms with Gasteiger partial charge in [0.25, 0.3) is 5.91 Å². The van der Waals surface area contributed by atoms with E-state index in [1.807, 2.05) is 30.0 Å². The molecule has 5 heteroatoms. The van der Waals surface area contributed by atoms with E-state index < -0.39 is 0 Å². The SMILES string of the molecule is Cc1cccc(C(=O)N2CCN(C3CCNC3)CC2)n1. The minimum absolute atomic E-state index is 0.0675. The van der Waals surface area contributed by atoms with Gasteiger partial charge in [0.05, 0.1) is 0 Å². The molecule has 2 aliphatic heterocycles. The number of nitrogens with one attached hydrogen (secondary N) is 1. The number of hydrogen-bond acceptors (Lipinski definition) is 4. The molecular weight excluding hydrogens is 252 g/mol. The van der Waals surface area contributed by atoms with E-state index in [0.717, 1.165) is 45.0 Å². The number of aryl methyl sites for hydroxylation is 1. The monoisotopic (exact) mass is 274 g/mol. The van der Waals surface area contributed by atoms with Gasteiger partial charge in [0.2, 0.25) is 0 Å². The molecule has 1 aromatic rings. The first-order valence-electron chi connectivity index (χ1n) is 7.42. The van der Waals surface area contributed by atoms with Crippen LogP contribution in [0.4, 0.5) is 0 Å². The topological polar surface area (TPSA) is 48.5 Å². The zero-order chi connectivity index (χ0) is 13.9. The van der Waals surface area contributed by atoms with Gasteiger partial charge in [-0.3, -0.25) is 9.69 Å². The zero-order valence-corrected chi connectivity index (χ0v) is 12.0. The van der Waals surface area contributed by atoms with Gasteiger partial charge in [-0.1, -0.05) is 6.07 Å². The Hall–Kier alpha value is -1.46. The summed E-state index contributed by atoms with van der Waals surface area (Å²) in [5, 5.41) is 3.40. The zero-order valence-electron chi connectivity index (χ0n) is 12.0. The summed E-state index contributed by atoms with van der Waals surface area (Å²) < 4.78 is 0. The van der Waals surface area contributed by atoms with Gasteiger partial charge < -0.3 is 10.2 Å². The van der Waals surface area contributed by atoms with Crippen molar-refractivity contribution in [1.82, 2.24) is 20.1 Å². The molecule has 2 aliphatic rings. The summed E-state index contributed by atoms with van der Waals surface area (Å²) in [6.07, 6.45) is 1.23. The molecule has 3 heterocycles. The molecule has 1 atom stereocenters. The lowest BCUT2D eigenvalue weighted by molar-refractivity contribution is 0.0578. The first kappa shape index (κ1) is 13.5. The molecule has 3 rings (SSSR count). The first-order valence-corrected chi connectivity index (χ1v) is 7.42. The summed E-state index contributed by atoms with van der Waals surface area (Å²) in [7, 11) is 0. The molecule has 0 saturated carbocycles. The molecule has 20 heavy (non-hydrogen) atoms. The summed E-state index contributed by atoms with van der Waals surface area (Å²) in [4.78, 5) is 21.2. The van der Waals surface area contributed by atoms with E-state index in [1.165, 1.54) is 6.42 Å². The molecule has 2 saturated heterocycles. The highest BCUT2D eigenvalue weighted by atomic mass is 16.2. The van der Waals surface area contributed by atoms with E-state index in [1.54, 1.807) is 0 Å². The number of carbonyl (C=O) groups is 1. The molecule has 1 aromatic heterocycles. The lowest BCUT2D eigenvalue weighted by atomic mass is 10.2. The van der Waals surface area contributed by atoms with Gasteiger partial charge in [0, 0.05) is 44.5 Å². The van der Waals surface area contributed by atoms with Crippen LogP contribution in [0, 0.1) is 6.92 Å². The van der Waals surface area contributed by atoms with Gasteiger partial charge in [-0.15, -0.1) is 0 Å². The predicted octanol–water partition coefficient (Wildman–Crippen LogP) is 0.510.